The summed E-state index contributed by atoms with van der Waals surface area (Å²) >= 11 is 6.41. The molecule has 0 radical (unpaired) electrons. The number of halogens is 1. The van der Waals surface area contributed by atoms with Gasteiger partial charge in [-0.3, -0.25) is 9.78 Å². The molecule has 33 heavy (non-hydrogen) atoms. The Balaban J connectivity index is 1.36. The molecule has 0 spiro atoms. The standard InChI is InChI=1S/C24H19ClN6O2/c1-31-20-8-3-2-7-17(20)23(32)29-19-13-27-24(30-22(19)31)28-15-9-10-21(18(25)12-15)33-14-16-6-4-5-11-26-16/h2-13H,14H2,1H3,(H,29,32)(H,27,28,30). The van der Waals surface area contributed by atoms with Crippen molar-refractivity contribution in [1.82, 2.24) is 15.0 Å². The van der Waals surface area contributed by atoms with E-state index >= 15 is 0 Å². The number of pyridine rings is 1. The lowest BCUT2D eigenvalue weighted by Crippen LogP contribution is -2.13. The molecule has 1 aliphatic heterocycles. The van der Waals surface area contributed by atoms with E-state index in [1.807, 2.05) is 54.4 Å². The Morgan fingerprint density at radius 1 is 1.09 bits per heavy atom. The first-order valence-electron chi connectivity index (χ1n) is 10.2. The van der Waals surface area contributed by atoms with Crippen molar-refractivity contribution in [2.75, 3.05) is 22.6 Å². The fourth-order valence-corrected chi connectivity index (χ4v) is 3.73. The quantitative estimate of drug-likeness (QED) is 0.425. The SMILES string of the molecule is CN1c2ccccc2C(=O)Nc2cnc(Nc3ccc(OCc4ccccn4)c(Cl)c3)nc21. The monoisotopic (exact) mass is 458 g/mol. The summed E-state index contributed by atoms with van der Waals surface area (Å²) in [5, 5.41) is 6.47. The number of nitrogens with one attached hydrogen (secondary N) is 2. The van der Waals surface area contributed by atoms with Gasteiger partial charge < -0.3 is 20.3 Å². The minimum Gasteiger partial charge on any atom is -0.486 e. The molecule has 0 atom stereocenters. The highest BCUT2D eigenvalue weighted by Crippen LogP contribution is 2.36. The number of aromatic nitrogens is 3. The molecule has 2 N–H and O–H groups in total. The summed E-state index contributed by atoms with van der Waals surface area (Å²) in [6, 6.07) is 18.4. The van der Waals surface area contributed by atoms with Crippen LogP contribution in [0.3, 0.4) is 0 Å². The van der Waals surface area contributed by atoms with Crippen LogP contribution in [0.4, 0.5) is 28.8 Å². The van der Waals surface area contributed by atoms with Gasteiger partial charge in [0.2, 0.25) is 5.95 Å². The lowest BCUT2D eigenvalue weighted by atomic mass is 10.1. The minimum absolute atomic E-state index is 0.200. The van der Waals surface area contributed by atoms with E-state index in [0.717, 1.165) is 11.4 Å². The van der Waals surface area contributed by atoms with Crippen molar-refractivity contribution in [3.8, 4) is 5.75 Å². The van der Waals surface area contributed by atoms with Gasteiger partial charge in [-0.25, -0.2) is 4.98 Å². The number of carbonyl (C=O) groups excluding carboxylic acids is 1. The molecule has 8 nitrogen and oxygen atoms in total. The Kier molecular flexibility index (Phi) is 5.50. The molecule has 1 amide bonds. The van der Waals surface area contributed by atoms with Gasteiger partial charge in [-0.05, 0) is 42.5 Å². The van der Waals surface area contributed by atoms with Gasteiger partial charge in [0.15, 0.2) is 5.82 Å². The third kappa shape index (κ3) is 4.28. The first kappa shape index (κ1) is 20.7. The lowest BCUT2D eigenvalue weighted by molar-refractivity contribution is 0.102. The van der Waals surface area contributed by atoms with E-state index in [1.165, 1.54) is 0 Å². The number of amides is 1. The largest absolute Gasteiger partial charge is 0.486 e. The molecule has 1 aliphatic rings. The molecule has 164 valence electrons. The van der Waals surface area contributed by atoms with Crippen LogP contribution in [-0.4, -0.2) is 27.9 Å². The molecule has 4 aromatic rings. The second kappa shape index (κ2) is 8.76. The van der Waals surface area contributed by atoms with Crippen LogP contribution in [0, 0.1) is 0 Å². The fourth-order valence-electron chi connectivity index (χ4n) is 3.50. The van der Waals surface area contributed by atoms with Gasteiger partial charge in [0.25, 0.3) is 5.91 Å². The molecule has 0 saturated heterocycles. The molecule has 9 heteroatoms. The Labute approximate surface area is 195 Å². The van der Waals surface area contributed by atoms with E-state index < -0.39 is 0 Å². The summed E-state index contributed by atoms with van der Waals surface area (Å²) < 4.78 is 5.77. The number of benzene rings is 2. The maximum atomic E-state index is 12.6. The Bertz CT molecular complexity index is 1330. The molecule has 0 aliphatic carbocycles. The highest BCUT2D eigenvalue weighted by Gasteiger charge is 2.24. The van der Waals surface area contributed by atoms with Crippen LogP contribution < -0.4 is 20.3 Å². The second-order valence-electron chi connectivity index (χ2n) is 7.34. The third-order valence-electron chi connectivity index (χ3n) is 5.13. The molecule has 2 aromatic heterocycles. The van der Waals surface area contributed by atoms with Crippen molar-refractivity contribution in [1.29, 1.82) is 0 Å². The molecule has 3 heterocycles. The summed E-state index contributed by atoms with van der Waals surface area (Å²) in [5.74, 6) is 1.29. The van der Waals surface area contributed by atoms with Gasteiger partial charge in [0, 0.05) is 18.9 Å². The van der Waals surface area contributed by atoms with Crippen LogP contribution >= 0.6 is 11.6 Å². The molecule has 0 unspecified atom stereocenters. The number of para-hydroxylation sites is 1. The van der Waals surface area contributed by atoms with E-state index in [9.17, 15) is 4.79 Å². The Hall–Kier alpha value is -4.17. The summed E-state index contributed by atoms with van der Waals surface area (Å²) in [5.41, 5.74) is 3.37. The third-order valence-corrected chi connectivity index (χ3v) is 5.43. The summed E-state index contributed by atoms with van der Waals surface area (Å²) in [4.78, 5) is 27.6. The van der Waals surface area contributed by atoms with Gasteiger partial charge >= 0.3 is 0 Å². The normalized spacial score (nSPS) is 12.3. The van der Waals surface area contributed by atoms with E-state index in [4.69, 9.17) is 16.3 Å². The molecular formula is C24H19ClN6O2. The second-order valence-corrected chi connectivity index (χ2v) is 7.75. The lowest BCUT2D eigenvalue weighted by Gasteiger charge is -2.20. The Morgan fingerprint density at radius 2 is 1.94 bits per heavy atom. The number of rotatable bonds is 5. The molecule has 0 bridgehead atoms. The average molecular weight is 459 g/mol. The maximum Gasteiger partial charge on any atom is 0.257 e. The minimum atomic E-state index is -0.200. The van der Waals surface area contributed by atoms with Crippen molar-refractivity contribution in [2.45, 2.75) is 6.61 Å². The number of fused-ring (bicyclic) bond motifs is 2. The van der Waals surface area contributed by atoms with Gasteiger partial charge in [-0.2, -0.15) is 4.98 Å². The predicted molar refractivity (Wildman–Crippen MR) is 128 cm³/mol. The van der Waals surface area contributed by atoms with Crippen LogP contribution in [-0.2, 0) is 6.61 Å². The van der Waals surface area contributed by atoms with Crippen LogP contribution in [0.2, 0.25) is 5.02 Å². The number of carbonyl (C=O) groups is 1. The number of hydrogen-bond donors (Lipinski definition) is 2. The van der Waals surface area contributed by atoms with Crippen LogP contribution in [0.25, 0.3) is 0 Å². The van der Waals surface area contributed by atoms with E-state index in [2.05, 4.69) is 25.6 Å². The zero-order chi connectivity index (χ0) is 22.8. The zero-order valence-electron chi connectivity index (χ0n) is 17.6. The van der Waals surface area contributed by atoms with Crippen LogP contribution in [0.5, 0.6) is 5.75 Å². The number of nitrogens with zero attached hydrogens (tertiary/aromatic N) is 4. The predicted octanol–water partition coefficient (Wildman–Crippen LogP) is 5.18. The fraction of sp³-hybridized carbons (Fsp3) is 0.0833. The van der Waals surface area contributed by atoms with E-state index in [0.29, 0.717) is 46.1 Å². The molecule has 5 rings (SSSR count). The van der Waals surface area contributed by atoms with Crippen molar-refractivity contribution in [3.63, 3.8) is 0 Å². The average Bonchev–Trinajstić information content (AvgIpc) is 2.94. The summed E-state index contributed by atoms with van der Waals surface area (Å²) in [7, 11) is 1.86. The molecular weight excluding hydrogens is 440 g/mol. The van der Waals surface area contributed by atoms with Gasteiger partial charge in [-0.15, -0.1) is 0 Å². The molecule has 0 fully saturated rings. The summed E-state index contributed by atoms with van der Waals surface area (Å²) in [6.45, 7) is 0.320. The van der Waals surface area contributed by atoms with Crippen molar-refractivity contribution in [2.24, 2.45) is 0 Å². The highest BCUT2D eigenvalue weighted by molar-refractivity contribution is 6.32. The number of ether oxygens (including phenoxy) is 1. The smallest absolute Gasteiger partial charge is 0.257 e. The number of hydrogen-bond acceptors (Lipinski definition) is 7. The first-order chi connectivity index (χ1) is 16.1. The topological polar surface area (TPSA) is 92.3 Å². The van der Waals surface area contributed by atoms with Crippen LogP contribution in [0.15, 0.2) is 73.1 Å². The summed E-state index contributed by atoms with van der Waals surface area (Å²) in [6.07, 6.45) is 3.30. The Morgan fingerprint density at radius 3 is 2.76 bits per heavy atom. The van der Waals surface area contributed by atoms with Gasteiger partial charge in [0.05, 0.1) is 28.2 Å². The molecule has 2 aromatic carbocycles. The van der Waals surface area contributed by atoms with Crippen molar-refractivity contribution in [3.05, 3.63) is 89.3 Å². The number of anilines is 5. The first-order valence-corrected chi connectivity index (χ1v) is 10.6. The van der Waals surface area contributed by atoms with Gasteiger partial charge in [-0.1, -0.05) is 29.8 Å². The highest BCUT2D eigenvalue weighted by atomic mass is 35.5. The van der Waals surface area contributed by atoms with Crippen molar-refractivity contribution < 1.29 is 9.53 Å². The maximum absolute atomic E-state index is 12.6. The van der Waals surface area contributed by atoms with E-state index in [1.54, 1.807) is 30.6 Å². The van der Waals surface area contributed by atoms with E-state index in [-0.39, 0.29) is 5.91 Å². The van der Waals surface area contributed by atoms with Gasteiger partial charge in [0.1, 0.15) is 18.0 Å². The van der Waals surface area contributed by atoms with Crippen molar-refractivity contribution >= 4 is 46.3 Å². The molecule has 0 saturated carbocycles. The zero-order valence-corrected chi connectivity index (χ0v) is 18.4. The van der Waals surface area contributed by atoms with Crippen LogP contribution in [0.1, 0.15) is 16.1 Å².